The summed E-state index contributed by atoms with van der Waals surface area (Å²) >= 11 is 6.25. The van der Waals surface area contributed by atoms with Gasteiger partial charge in [0.2, 0.25) is 0 Å². The number of halogens is 1. The fourth-order valence-electron chi connectivity index (χ4n) is 2.97. The number of rotatable bonds is 4. The largest absolute Gasteiger partial charge is 0.489 e. The molecule has 1 saturated heterocycles. The Morgan fingerprint density at radius 3 is 3.00 bits per heavy atom. The van der Waals surface area contributed by atoms with Crippen LogP contribution in [0.25, 0.3) is 10.9 Å². The Morgan fingerprint density at radius 2 is 2.17 bits per heavy atom. The maximum atomic E-state index is 6.25. The summed E-state index contributed by atoms with van der Waals surface area (Å²) < 4.78 is 7.98. The van der Waals surface area contributed by atoms with Crippen molar-refractivity contribution in [3.63, 3.8) is 0 Å². The lowest BCUT2D eigenvalue weighted by Crippen LogP contribution is -2.19. The summed E-state index contributed by atoms with van der Waals surface area (Å²) in [5.41, 5.74) is 2.15. The first-order chi connectivity index (χ1) is 11.3. The van der Waals surface area contributed by atoms with Gasteiger partial charge in [-0.3, -0.25) is 4.68 Å². The Balaban J connectivity index is 1.58. The van der Waals surface area contributed by atoms with E-state index in [9.17, 15) is 0 Å². The van der Waals surface area contributed by atoms with Crippen LogP contribution in [-0.2, 0) is 6.54 Å². The highest BCUT2D eigenvalue weighted by molar-refractivity contribution is 6.31. The molecule has 3 aromatic rings. The second kappa shape index (κ2) is 6.22. The lowest BCUT2D eigenvalue weighted by atomic mass is 10.2. The molecule has 5 heteroatoms. The Bertz CT molecular complexity index is 824. The van der Waals surface area contributed by atoms with E-state index < -0.39 is 0 Å². The highest BCUT2D eigenvalue weighted by atomic mass is 35.5. The van der Waals surface area contributed by atoms with Crippen LogP contribution in [0.2, 0.25) is 5.02 Å². The Hall–Kier alpha value is -2.04. The van der Waals surface area contributed by atoms with Crippen molar-refractivity contribution in [2.24, 2.45) is 0 Å². The van der Waals surface area contributed by atoms with Gasteiger partial charge in [0.1, 0.15) is 11.9 Å². The van der Waals surface area contributed by atoms with E-state index in [2.05, 4.69) is 22.5 Å². The van der Waals surface area contributed by atoms with Crippen LogP contribution in [0.5, 0.6) is 5.75 Å². The molecule has 0 saturated carbocycles. The molecule has 118 valence electrons. The van der Waals surface area contributed by atoms with Crippen molar-refractivity contribution >= 4 is 22.5 Å². The van der Waals surface area contributed by atoms with Gasteiger partial charge in [0, 0.05) is 17.0 Å². The predicted molar refractivity (Wildman–Crippen MR) is 92.2 cm³/mol. The van der Waals surface area contributed by atoms with Crippen molar-refractivity contribution in [3.05, 3.63) is 59.2 Å². The highest BCUT2D eigenvalue weighted by Crippen LogP contribution is 2.24. The first-order valence-electron chi connectivity index (χ1n) is 7.86. The third-order valence-electron chi connectivity index (χ3n) is 4.21. The molecule has 23 heavy (non-hydrogen) atoms. The van der Waals surface area contributed by atoms with Crippen LogP contribution in [-0.4, -0.2) is 29.0 Å². The summed E-state index contributed by atoms with van der Waals surface area (Å²) in [6.07, 6.45) is 3.21. The zero-order chi connectivity index (χ0) is 15.6. The first kappa shape index (κ1) is 14.5. The lowest BCUT2D eigenvalue weighted by molar-refractivity contribution is 0.223. The summed E-state index contributed by atoms with van der Waals surface area (Å²) in [5, 5.41) is 9.66. The van der Waals surface area contributed by atoms with Gasteiger partial charge in [-0.25, -0.2) is 0 Å². The molecule has 0 amide bonds. The van der Waals surface area contributed by atoms with Gasteiger partial charge in [0.25, 0.3) is 0 Å². The molecule has 1 aromatic heterocycles. The summed E-state index contributed by atoms with van der Waals surface area (Å²) in [6.45, 7) is 2.61. The van der Waals surface area contributed by atoms with E-state index in [4.69, 9.17) is 16.3 Å². The van der Waals surface area contributed by atoms with Crippen molar-refractivity contribution in [3.8, 4) is 5.75 Å². The third-order valence-corrected chi connectivity index (χ3v) is 4.58. The van der Waals surface area contributed by atoms with E-state index in [1.54, 1.807) is 0 Å². The van der Waals surface area contributed by atoms with Gasteiger partial charge in [-0.1, -0.05) is 29.8 Å². The van der Waals surface area contributed by atoms with Crippen molar-refractivity contribution in [1.29, 1.82) is 0 Å². The van der Waals surface area contributed by atoms with Gasteiger partial charge in [0.05, 0.1) is 18.3 Å². The van der Waals surface area contributed by atoms with Gasteiger partial charge < -0.3 is 10.1 Å². The Morgan fingerprint density at radius 1 is 1.26 bits per heavy atom. The number of nitrogens with one attached hydrogen (secondary N) is 1. The van der Waals surface area contributed by atoms with Crippen molar-refractivity contribution in [2.75, 3.05) is 13.1 Å². The minimum Gasteiger partial charge on any atom is -0.489 e. The molecular formula is C18H18ClN3O. The molecule has 4 rings (SSSR count). The molecule has 1 N–H and O–H groups in total. The summed E-state index contributed by atoms with van der Waals surface area (Å²) in [7, 11) is 0. The summed E-state index contributed by atoms with van der Waals surface area (Å²) in [6, 6.07) is 14.0. The number of benzene rings is 2. The maximum absolute atomic E-state index is 6.25. The molecular weight excluding hydrogens is 310 g/mol. The molecule has 1 atom stereocenters. The van der Waals surface area contributed by atoms with Gasteiger partial charge >= 0.3 is 0 Å². The fourth-order valence-corrected chi connectivity index (χ4v) is 3.17. The topological polar surface area (TPSA) is 39.1 Å². The summed E-state index contributed by atoms with van der Waals surface area (Å²) in [4.78, 5) is 0. The van der Waals surface area contributed by atoms with Crippen LogP contribution in [0.3, 0.4) is 0 Å². The van der Waals surface area contributed by atoms with Crippen molar-refractivity contribution < 1.29 is 4.74 Å². The average Bonchev–Trinajstić information content (AvgIpc) is 3.20. The SMILES string of the molecule is Clc1ccccc1Cn1ncc2cc(O[C@H]3CCNC3)ccc21. The van der Waals surface area contributed by atoms with Gasteiger partial charge in [-0.15, -0.1) is 0 Å². The molecule has 1 aliphatic rings. The minimum absolute atomic E-state index is 0.269. The monoisotopic (exact) mass is 327 g/mol. The van der Waals surface area contributed by atoms with Gasteiger partial charge in [-0.2, -0.15) is 5.10 Å². The van der Waals surface area contributed by atoms with Crippen LogP contribution in [0.1, 0.15) is 12.0 Å². The molecule has 1 fully saturated rings. The predicted octanol–water partition coefficient (Wildman–Crippen LogP) is 3.48. The zero-order valence-corrected chi connectivity index (χ0v) is 13.5. The molecule has 0 unspecified atom stereocenters. The number of nitrogens with zero attached hydrogens (tertiary/aromatic N) is 2. The third kappa shape index (κ3) is 3.05. The molecule has 4 nitrogen and oxygen atoms in total. The standard InChI is InChI=1S/C18H18ClN3O/c19-17-4-2-1-3-13(17)12-22-18-6-5-15(9-14(18)10-21-22)23-16-7-8-20-11-16/h1-6,9-10,16,20H,7-8,11-12H2/t16-/m0/s1. The Kier molecular flexibility index (Phi) is 3.93. The normalized spacial score (nSPS) is 17.7. The molecule has 2 heterocycles. The number of hydrogen-bond acceptors (Lipinski definition) is 3. The van der Waals surface area contributed by atoms with Crippen molar-refractivity contribution in [1.82, 2.24) is 15.1 Å². The molecule has 0 radical (unpaired) electrons. The van der Waals surface area contributed by atoms with Crippen LogP contribution in [0.15, 0.2) is 48.7 Å². The van der Waals surface area contributed by atoms with Crippen LogP contribution >= 0.6 is 11.6 Å². The highest BCUT2D eigenvalue weighted by Gasteiger charge is 2.16. The van der Waals surface area contributed by atoms with E-state index in [0.717, 1.165) is 46.7 Å². The lowest BCUT2D eigenvalue weighted by Gasteiger charge is -2.12. The van der Waals surface area contributed by atoms with Crippen LogP contribution in [0.4, 0.5) is 0 Å². The molecule has 2 aromatic carbocycles. The van der Waals surface area contributed by atoms with E-state index in [-0.39, 0.29) is 6.10 Å². The number of fused-ring (bicyclic) bond motifs is 1. The molecule has 0 bridgehead atoms. The Labute approximate surface area is 140 Å². The quantitative estimate of drug-likeness (QED) is 0.797. The van der Waals surface area contributed by atoms with Gasteiger partial charge in [0.15, 0.2) is 0 Å². The van der Waals surface area contributed by atoms with E-state index in [0.29, 0.717) is 6.54 Å². The average molecular weight is 328 g/mol. The number of hydrogen-bond donors (Lipinski definition) is 1. The second-order valence-corrected chi connectivity index (χ2v) is 6.25. The first-order valence-corrected chi connectivity index (χ1v) is 8.24. The number of aromatic nitrogens is 2. The fraction of sp³-hybridized carbons (Fsp3) is 0.278. The molecule has 0 spiro atoms. The zero-order valence-electron chi connectivity index (χ0n) is 12.7. The van der Waals surface area contributed by atoms with Crippen LogP contribution < -0.4 is 10.1 Å². The summed E-state index contributed by atoms with van der Waals surface area (Å²) in [5.74, 6) is 0.906. The van der Waals surface area contributed by atoms with E-state index >= 15 is 0 Å². The molecule has 0 aliphatic carbocycles. The minimum atomic E-state index is 0.269. The van der Waals surface area contributed by atoms with E-state index in [1.165, 1.54) is 0 Å². The second-order valence-electron chi connectivity index (χ2n) is 5.85. The number of ether oxygens (including phenoxy) is 1. The smallest absolute Gasteiger partial charge is 0.120 e. The molecule has 1 aliphatic heterocycles. The maximum Gasteiger partial charge on any atom is 0.120 e. The van der Waals surface area contributed by atoms with Crippen molar-refractivity contribution in [2.45, 2.75) is 19.1 Å². The van der Waals surface area contributed by atoms with E-state index in [1.807, 2.05) is 41.2 Å². The van der Waals surface area contributed by atoms with Crippen LogP contribution in [0, 0.1) is 0 Å². The van der Waals surface area contributed by atoms with Gasteiger partial charge in [-0.05, 0) is 42.8 Å².